The van der Waals surface area contributed by atoms with Crippen molar-refractivity contribution in [3.63, 3.8) is 0 Å². The summed E-state index contributed by atoms with van der Waals surface area (Å²) in [5, 5.41) is 18.0. The Morgan fingerprint density at radius 1 is 1.75 bits per heavy atom. The van der Waals surface area contributed by atoms with Crippen molar-refractivity contribution in [1.82, 2.24) is 4.98 Å². The summed E-state index contributed by atoms with van der Waals surface area (Å²) in [5.74, 6) is 0. The molecule has 1 aromatic rings. The predicted molar refractivity (Wildman–Crippen MR) is 48.2 cm³/mol. The van der Waals surface area contributed by atoms with Gasteiger partial charge in [-0.25, -0.2) is 0 Å². The van der Waals surface area contributed by atoms with E-state index in [-0.39, 0.29) is 5.46 Å². The van der Waals surface area contributed by atoms with Gasteiger partial charge in [0.2, 0.25) is 0 Å². The van der Waals surface area contributed by atoms with Gasteiger partial charge in [0.1, 0.15) is 0 Å². The summed E-state index contributed by atoms with van der Waals surface area (Å²) in [7, 11) is -2.01. The molecule has 0 radical (unpaired) electrons. The molecule has 0 amide bonds. The van der Waals surface area contributed by atoms with Crippen LogP contribution in [0.1, 0.15) is 29.1 Å². The lowest BCUT2D eigenvalue weighted by Gasteiger charge is -2.04. The van der Waals surface area contributed by atoms with E-state index in [1.807, 2.05) is 0 Å². The first-order chi connectivity index (χ1) is 8.78. The summed E-state index contributed by atoms with van der Waals surface area (Å²) < 4.78 is 58.6. The topological polar surface area (TPSA) is 53.4 Å². The molecule has 0 fully saturated rings. The van der Waals surface area contributed by atoms with Gasteiger partial charge in [-0.3, -0.25) is 4.98 Å². The molecular formula is C8H12BNO2. The van der Waals surface area contributed by atoms with E-state index < -0.39 is 38.5 Å². The van der Waals surface area contributed by atoms with Crippen molar-refractivity contribution in [2.24, 2.45) is 0 Å². The lowest BCUT2D eigenvalue weighted by molar-refractivity contribution is 0.425. The summed E-state index contributed by atoms with van der Waals surface area (Å²) in [6.07, 6.45) is -2.14. The maximum absolute atomic E-state index is 9.02. The summed E-state index contributed by atoms with van der Waals surface area (Å²) in [4.78, 5) is 3.48. The van der Waals surface area contributed by atoms with E-state index in [4.69, 9.17) is 21.0 Å². The van der Waals surface area contributed by atoms with E-state index in [1.165, 1.54) is 0 Å². The quantitative estimate of drug-likeness (QED) is 0.600. The lowest BCUT2D eigenvalue weighted by atomic mass is 9.80. The molecule has 1 heterocycles. The smallest absolute Gasteiger partial charge is 0.423 e. The molecule has 0 saturated carbocycles. The van der Waals surface area contributed by atoms with Crippen molar-refractivity contribution >= 4 is 12.6 Å². The zero-order chi connectivity index (χ0) is 15.9. The largest absolute Gasteiger partial charge is 0.490 e. The first kappa shape index (κ1) is 3.12. The summed E-state index contributed by atoms with van der Waals surface area (Å²) in [6, 6.07) is 0.797. The third-order valence-corrected chi connectivity index (χ3v) is 1.34. The number of rotatable bonds is 2. The van der Waals surface area contributed by atoms with Crippen molar-refractivity contribution in [1.29, 1.82) is 0 Å². The Labute approximate surface area is 83.5 Å². The molecule has 0 saturated heterocycles. The van der Waals surface area contributed by atoms with Gasteiger partial charge in [-0.15, -0.1) is 0 Å². The van der Waals surface area contributed by atoms with Crippen LogP contribution >= 0.6 is 0 Å². The van der Waals surface area contributed by atoms with Gasteiger partial charge < -0.3 is 10.0 Å². The lowest BCUT2D eigenvalue weighted by Crippen LogP contribution is -2.30. The maximum Gasteiger partial charge on any atom is 0.490 e. The van der Waals surface area contributed by atoms with Crippen LogP contribution in [-0.4, -0.2) is 22.2 Å². The first-order valence-electron chi connectivity index (χ1n) is 7.15. The molecule has 1 aromatic heterocycles. The summed E-state index contributed by atoms with van der Waals surface area (Å²) >= 11 is 0. The van der Waals surface area contributed by atoms with Gasteiger partial charge in [-0.05, 0) is 18.8 Å². The molecular weight excluding hydrogens is 153 g/mol. The molecule has 0 aliphatic carbocycles. The fourth-order valence-electron chi connectivity index (χ4n) is 0.717. The number of hydrogen-bond donors (Lipinski definition) is 2. The average molecular weight is 173 g/mol. The molecule has 3 nitrogen and oxygen atoms in total. The van der Waals surface area contributed by atoms with Crippen LogP contribution in [0.15, 0.2) is 12.3 Å². The Kier molecular flexibility index (Phi) is 0.961. The van der Waals surface area contributed by atoms with Crippen LogP contribution in [0.4, 0.5) is 0 Å². The Morgan fingerprint density at radius 2 is 2.58 bits per heavy atom. The predicted octanol–water partition coefficient (Wildman–Crippen LogP) is -0.368. The van der Waals surface area contributed by atoms with E-state index in [1.54, 1.807) is 0 Å². The Morgan fingerprint density at radius 3 is 3.17 bits per heavy atom. The molecule has 0 aromatic carbocycles. The minimum absolute atomic E-state index is 0.291. The van der Waals surface area contributed by atoms with Crippen molar-refractivity contribution in [3.8, 4) is 0 Å². The average Bonchev–Trinajstić information content (AvgIpc) is 2.25. The van der Waals surface area contributed by atoms with Crippen molar-refractivity contribution < 1.29 is 21.0 Å². The molecule has 2 N–H and O–H groups in total. The highest BCUT2D eigenvalue weighted by atomic mass is 16.4. The fourth-order valence-corrected chi connectivity index (χ4v) is 0.717. The highest BCUT2D eigenvalue weighted by Crippen LogP contribution is 2.02. The highest BCUT2D eigenvalue weighted by molar-refractivity contribution is 6.58. The maximum atomic E-state index is 9.02. The molecule has 0 unspecified atom stereocenters. The zero-order valence-corrected chi connectivity index (χ0v) is 6.07. The molecule has 12 heavy (non-hydrogen) atoms. The van der Waals surface area contributed by atoms with Crippen molar-refractivity contribution in [3.05, 3.63) is 23.5 Å². The number of hydrogen-bond acceptors (Lipinski definition) is 3. The van der Waals surface area contributed by atoms with Crippen LogP contribution in [0.5, 0.6) is 0 Å². The Balaban J connectivity index is 3.60. The minimum atomic E-state index is -3.13. The van der Waals surface area contributed by atoms with Gasteiger partial charge in [0, 0.05) is 28.3 Å². The van der Waals surface area contributed by atoms with Crippen LogP contribution in [0.25, 0.3) is 0 Å². The van der Waals surface area contributed by atoms with Gasteiger partial charge in [0.15, 0.2) is 0 Å². The third kappa shape index (κ3) is 1.84. The zero-order valence-electron chi connectivity index (χ0n) is 14.1. The van der Waals surface area contributed by atoms with Gasteiger partial charge in [0.05, 0.1) is 0 Å². The second-order valence-electron chi connectivity index (χ2n) is 2.16. The second-order valence-corrected chi connectivity index (χ2v) is 2.16. The van der Waals surface area contributed by atoms with Crippen LogP contribution in [-0.2, 0) is 6.37 Å². The Bertz CT molecular complexity index is 498. The molecule has 0 atom stereocenters. The normalized spacial score (nSPS) is 23.2. The van der Waals surface area contributed by atoms with Crippen molar-refractivity contribution in [2.75, 3.05) is 0 Å². The molecule has 64 valence electrons. The number of aryl methyl sites for hydroxylation is 2. The van der Waals surface area contributed by atoms with Gasteiger partial charge >= 0.3 is 7.12 Å². The van der Waals surface area contributed by atoms with Gasteiger partial charge in [0.25, 0.3) is 0 Å². The van der Waals surface area contributed by atoms with E-state index in [0.717, 1.165) is 12.3 Å². The fraction of sp³-hybridized carbons (Fsp3) is 0.375. The van der Waals surface area contributed by atoms with Crippen LogP contribution in [0.3, 0.4) is 0 Å². The molecule has 0 aliphatic heterocycles. The molecule has 4 heteroatoms. The third-order valence-electron chi connectivity index (χ3n) is 1.34. The number of nitrogens with zero attached hydrogens (tertiary/aromatic N) is 1. The summed E-state index contributed by atoms with van der Waals surface area (Å²) in [6.45, 7) is -5.96. The van der Waals surface area contributed by atoms with E-state index in [9.17, 15) is 0 Å². The standard InChI is InChI=1S/C8H12BNO2/c1-3-7-4-8(9(11)12)5-10-6(7)2/h4-5,11-12H,3H2,1-2H3/i1D3,2D3,3D2. The van der Waals surface area contributed by atoms with Crippen LogP contribution in [0.2, 0.25) is 0 Å². The van der Waals surface area contributed by atoms with E-state index in [2.05, 4.69) is 4.98 Å². The molecule has 0 bridgehead atoms. The molecule has 1 rings (SSSR count). The number of pyridine rings is 1. The van der Waals surface area contributed by atoms with Gasteiger partial charge in [-0.2, -0.15) is 0 Å². The first-order valence-corrected chi connectivity index (χ1v) is 3.15. The summed E-state index contributed by atoms with van der Waals surface area (Å²) in [5.41, 5.74) is -1.72. The molecule has 0 aliphatic rings. The molecule has 0 spiro atoms. The SMILES string of the molecule is [2H]C([2H])([2H])c1ncc(B(O)O)cc1C([2H])([2H])C([2H])([2H])[2H]. The van der Waals surface area contributed by atoms with Gasteiger partial charge in [-0.1, -0.05) is 12.9 Å². The highest BCUT2D eigenvalue weighted by Gasteiger charge is 2.12. The van der Waals surface area contributed by atoms with Crippen LogP contribution in [0, 0.1) is 6.85 Å². The van der Waals surface area contributed by atoms with E-state index >= 15 is 0 Å². The van der Waals surface area contributed by atoms with E-state index in [0.29, 0.717) is 0 Å². The van der Waals surface area contributed by atoms with Crippen molar-refractivity contribution in [2.45, 2.75) is 20.1 Å². The Hall–Kier alpha value is -0.865. The minimum Gasteiger partial charge on any atom is -0.423 e. The van der Waals surface area contributed by atoms with Crippen LogP contribution < -0.4 is 5.46 Å². The number of aromatic nitrogens is 1. The monoisotopic (exact) mass is 173 g/mol. The second kappa shape index (κ2) is 3.69.